The lowest BCUT2D eigenvalue weighted by atomic mass is 10.2. The van der Waals surface area contributed by atoms with Crippen molar-refractivity contribution in [1.82, 2.24) is 4.31 Å². The van der Waals surface area contributed by atoms with Gasteiger partial charge < -0.3 is 0 Å². The minimum atomic E-state index is -3.28. The summed E-state index contributed by atoms with van der Waals surface area (Å²) in [5.74, 6) is 0. The van der Waals surface area contributed by atoms with Gasteiger partial charge in [-0.1, -0.05) is 12.2 Å². The molecule has 1 aromatic rings. The Balaban J connectivity index is 2.02. The van der Waals surface area contributed by atoms with Crippen LogP contribution in [0.25, 0.3) is 0 Å². The number of sulfonamides is 1. The molecule has 3 nitrogen and oxygen atoms in total. The van der Waals surface area contributed by atoms with Gasteiger partial charge in [-0.15, -0.1) is 11.3 Å². The minimum Gasteiger partial charge on any atom is -0.206 e. The molecule has 5 heteroatoms. The van der Waals surface area contributed by atoms with Crippen LogP contribution in [0.15, 0.2) is 28.5 Å². The smallest absolute Gasteiger partial charge is 0.206 e. The number of hydrogen-bond acceptors (Lipinski definition) is 3. The molecule has 2 bridgehead atoms. The highest BCUT2D eigenvalue weighted by Crippen LogP contribution is 2.37. The summed E-state index contributed by atoms with van der Waals surface area (Å²) >= 11 is 1.37. The van der Waals surface area contributed by atoms with Crippen LogP contribution in [0, 0.1) is 6.92 Å². The Kier molecular flexibility index (Phi) is 2.65. The summed E-state index contributed by atoms with van der Waals surface area (Å²) in [6.07, 6.45) is 6.97. The van der Waals surface area contributed by atoms with Gasteiger partial charge in [-0.2, -0.15) is 4.31 Å². The Morgan fingerprint density at radius 1 is 1.35 bits per heavy atom. The van der Waals surface area contributed by atoms with Crippen molar-refractivity contribution in [1.29, 1.82) is 0 Å². The average molecular weight is 269 g/mol. The van der Waals surface area contributed by atoms with Gasteiger partial charge >= 0.3 is 0 Å². The molecule has 3 rings (SSSR count). The Morgan fingerprint density at radius 3 is 2.82 bits per heavy atom. The number of hydrogen-bond donors (Lipinski definition) is 0. The van der Waals surface area contributed by atoms with E-state index < -0.39 is 10.0 Å². The van der Waals surface area contributed by atoms with E-state index in [-0.39, 0.29) is 12.1 Å². The molecule has 1 aromatic heterocycles. The van der Waals surface area contributed by atoms with Crippen molar-refractivity contribution in [3.05, 3.63) is 29.2 Å². The summed E-state index contributed by atoms with van der Waals surface area (Å²) in [7, 11) is -3.28. The van der Waals surface area contributed by atoms with Crippen molar-refractivity contribution in [2.24, 2.45) is 0 Å². The molecule has 2 atom stereocenters. The quantitative estimate of drug-likeness (QED) is 0.774. The van der Waals surface area contributed by atoms with E-state index in [2.05, 4.69) is 6.08 Å². The zero-order valence-corrected chi connectivity index (χ0v) is 11.3. The summed E-state index contributed by atoms with van der Waals surface area (Å²) in [4.78, 5) is 1.04. The van der Waals surface area contributed by atoms with E-state index in [0.29, 0.717) is 4.21 Å². The minimum absolute atomic E-state index is 0.0844. The summed E-state index contributed by atoms with van der Waals surface area (Å²) in [6.45, 7) is 1.94. The van der Waals surface area contributed by atoms with Gasteiger partial charge in [-0.3, -0.25) is 0 Å². The van der Waals surface area contributed by atoms with Gasteiger partial charge in [0.15, 0.2) is 0 Å². The molecule has 92 valence electrons. The van der Waals surface area contributed by atoms with Gasteiger partial charge in [0, 0.05) is 17.0 Å². The molecule has 2 aliphatic rings. The molecule has 0 saturated carbocycles. The highest BCUT2D eigenvalue weighted by Gasteiger charge is 2.42. The summed E-state index contributed by atoms with van der Waals surface area (Å²) in [5, 5.41) is 0. The van der Waals surface area contributed by atoms with Crippen LogP contribution in [0.5, 0.6) is 0 Å². The van der Waals surface area contributed by atoms with E-state index in [1.807, 2.05) is 19.1 Å². The molecule has 17 heavy (non-hydrogen) atoms. The molecule has 2 unspecified atom stereocenters. The van der Waals surface area contributed by atoms with Gasteiger partial charge in [0.05, 0.1) is 0 Å². The van der Waals surface area contributed by atoms with E-state index >= 15 is 0 Å². The molecular weight excluding hydrogens is 254 g/mol. The number of nitrogens with zero attached hydrogens (tertiary/aromatic N) is 1. The molecule has 0 spiro atoms. The summed E-state index contributed by atoms with van der Waals surface area (Å²) in [5.41, 5.74) is 0. The third-order valence-corrected chi connectivity index (χ3v) is 6.94. The molecule has 0 N–H and O–H groups in total. The highest BCUT2D eigenvalue weighted by molar-refractivity contribution is 7.91. The van der Waals surface area contributed by atoms with Crippen molar-refractivity contribution in [3.8, 4) is 0 Å². The van der Waals surface area contributed by atoms with Gasteiger partial charge in [0.2, 0.25) is 0 Å². The normalized spacial score (nSPS) is 28.8. The van der Waals surface area contributed by atoms with Gasteiger partial charge in [0.25, 0.3) is 10.0 Å². The van der Waals surface area contributed by atoms with E-state index in [4.69, 9.17) is 0 Å². The Labute approximate surface area is 106 Å². The Hall–Kier alpha value is -0.650. The number of fused-ring (bicyclic) bond motifs is 2. The standard InChI is InChI=1S/C12H15NO2S2/c1-9-5-8-12(16-9)17(14,15)13-10-3-2-4-11(13)7-6-10/h2-3,5,8,10-11H,4,6-7H2,1H3. The molecule has 1 saturated heterocycles. The first-order valence-corrected chi connectivity index (χ1v) is 8.11. The number of thiophene rings is 1. The van der Waals surface area contributed by atoms with Crippen molar-refractivity contribution in [2.75, 3.05) is 0 Å². The van der Waals surface area contributed by atoms with Gasteiger partial charge in [-0.25, -0.2) is 8.42 Å². The first kappa shape index (κ1) is 11.4. The van der Waals surface area contributed by atoms with Crippen molar-refractivity contribution in [2.45, 2.75) is 42.5 Å². The van der Waals surface area contributed by atoms with E-state index in [1.54, 1.807) is 10.4 Å². The monoisotopic (exact) mass is 269 g/mol. The predicted molar refractivity (Wildman–Crippen MR) is 68.6 cm³/mol. The van der Waals surface area contributed by atoms with Crippen molar-refractivity contribution < 1.29 is 8.42 Å². The second-order valence-electron chi connectivity index (χ2n) is 4.66. The molecule has 2 aliphatic heterocycles. The average Bonchev–Trinajstić information content (AvgIpc) is 2.82. The van der Waals surface area contributed by atoms with Crippen LogP contribution in [-0.4, -0.2) is 24.8 Å². The molecule has 0 aromatic carbocycles. The fourth-order valence-corrected chi connectivity index (χ4v) is 5.94. The maximum absolute atomic E-state index is 12.6. The molecule has 1 fully saturated rings. The van der Waals surface area contributed by atoms with Gasteiger partial charge in [-0.05, 0) is 38.3 Å². The third kappa shape index (κ3) is 1.77. The van der Waals surface area contributed by atoms with Crippen LogP contribution >= 0.6 is 11.3 Å². The van der Waals surface area contributed by atoms with Crippen LogP contribution in [0.4, 0.5) is 0 Å². The van der Waals surface area contributed by atoms with Crippen LogP contribution in [-0.2, 0) is 10.0 Å². The number of aryl methyl sites for hydroxylation is 1. The third-order valence-electron chi connectivity index (χ3n) is 3.50. The van der Waals surface area contributed by atoms with Crippen molar-refractivity contribution in [3.63, 3.8) is 0 Å². The van der Waals surface area contributed by atoms with E-state index in [1.165, 1.54) is 11.3 Å². The first-order chi connectivity index (χ1) is 8.09. The van der Waals surface area contributed by atoms with Gasteiger partial charge in [0.1, 0.15) is 4.21 Å². The van der Waals surface area contributed by atoms with Crippen LogP contribution in [0.2, 0.25) is 0 Å². The van der Waals surface area contributed by atoms with E-state index in [0.717, 1.165) is 24.1 Å². The molecule has 0 amide bonds. The predicted octanol–water partition coefficient (Wildman–Crippen LogP) is 2.54. The lowest BCUT2D eigenvalue weighted by molar-refractivity contribution is 0.342. The largest absolute Gasteiger partial charge is 0.253 e. The Morgan fingerprint density at radius 2 is 2.18 bits per heavy atom. The first-order valence-electron chi connectivity index (χ1n) is 5.86. The Bertz CT molecular complexity index is 559. The molecule has 0 aliphatic carbocycles. The fraction of sp³-hybridized carbons (Fsp3) is 0.500. The highest BCUT2D eigenvalue weighted by atomic mass is 32.2. The van der Waals surface area contributed by atoms with Crippen molar-refractivity contribution >= 4 is 21.4 Å². The van der Waals surface area contributed by atoms with Crippen LogP contribution in [0.1, 0.15) is 24.1 Å². The zero-order chi connectivity index (χ0) is 12.0. The maximum Gasteiger partial charge on any atom is 0.253 e. The summed E-state index contributed by atoms with van der Waals surface area (Å²) < 4.78 is 27.3. The fourth-order valence-electron chi connectivity index (χ4n) is 2.71. The lowest BCUT2D eigenvalue weighted by Crippen LogP contribution is -2.41. The lowest BCUT2D eigenvalue weighted by Gasteiger charge is -2.29. The van der Waals surface area contributed by atoms with Crippen LogP contribution in [0.3, 0.4) is 0 Å². The zero-order valence-electron chi connectivity index (χ0n) is 9.67. The second kappa shape index (κ2) is 3.93. The second-order valence-corrected chi connectivity index (χ2v) is 8.02. The van der Waals surface area contributed by atoms with E-state index in [9.17, 15) is 8.42 Å². The number of rotatable bonds is 2. The molecule has 0 radical (unpaired) electrons. The summed E-state index contributed by atoms with van der Waals surface area (Å²) in [6, 6.07) is 3.87. The van der Waals surface area contributed by atoms with Crippen LogP contribution < -0.4 is 0 Å². The topological polar surface area (TPSA) is 37.4 Å². The SMILES string of the molecule is Cc1ccc(S(=O)(=O)N2C3C=CCC2CC3)s1. The molecular formula is C12H15NO2S2. The maximum atomic E-state index is 12.6. The molecule has 3 heterocycles.